The molecule has 0 aliphatic carbocycles. The number of hydrogen-bond donors (Lipinski definition) is 2. The van der Waals surface area contributed by atoms with Gasteiger partial charge in [-0.15, -0.1) is 0 Å². The Balaban J connectivity index is 2.70. The third-order valence-electron chi connectivity index (χ3n) is 3.00. The van der Waals surface area contributed by atoms with Crippen LogP contribution < -0.4 is 5.32 Å². The molecule has 108 valence electrons. The molecule has 2 N–H and O–H groups in total. The lowest BCUT2D eigenvalue weighted by molar-refractivity contribution is 0.0901. The number of aliphatic hydroxyl groups excluding tert-OH is 1. The average molecular weight is 267 g/mol. The van der Waals surface area contributed by atoms with Crippen LogP contribution in [0.4, 0.5) is 0 Å². The second kappa shape index (κ2) is 6.19. The quantitative estimate of drug-likeness (QED) is 0.851. The summed E-state index contributed by atoms with van der Waals surface area (Å²) in [5.41, 5.74) is 1.32. The highest BCUT2D eigenvalue weighted by Crippen LogP contribution is 2.21. The topological polar surface area (TPSA) is 67.2 Å². The summed E-state index contributed by atoms with van der Waals surface area (Å²) in [6.45, 7) is 8.45. The Hall–Kier alpha value is -1.36. The van der Waals surface area contributed by atoms with Gasteiger partial charge in [-0.3, -0.25) is 9.48 Å². The fraction of sp³-hybridized carbons (Fsp3) is 0.714. The van der Waals surface area contributed by atoms with Crippen molar-refractivity contribution in [2.24, 2.45) is 7.05 Å². The molecule has 1 aromatic heterocycles. The summed E-state index contributed by atoms with van der Waals surface area (Å²) in [5.74, 6) is -0.194. The number of rotatable bonds is 5. The summed E-state index contributed by atoms with van der Waals surface area (Å²) >= 11 is 0. The number of aryl methyl sites for hydroxylation is 1. The van der Waals surface area contributed by atoms with Crippen LogP contribution in [0.1, 0.15) is 56.7 Å². The lowest BCUT2D eigenvalue weighted by atomic mass is 9.92. The van der Waals surface area contributed by atoms with Gasteiger partial charge in [-0.05, 0) is 12.5 Å². The van der Waals surface area contributed by atoms with Crippen LogP contribution in [0.5, 0.6) is 0 Å². The van der Waals surface area contributed by atoms with Gasteiger partial charge in [0.2, 0.25) is 0 Å². The molecule has 1 amide bonds. The first-order valence-corrected chi connectivity index (χ1v) is 6.76. The number of amides is 1. The summed E-state index contributed by atoms with van der Waals surface area (Å²) in [4.78, 5) is 12.0. The monoisotopic (exact) mass is 267 g/mol. The van der Waals surface area contributed by atoms with Crippen molar-refractivity contribution in [2.75, 3.05) is 6.54 Å². The van der Waals surface area contributed by atoms with Gasteiger partial charge in [0.25, 0.3) is 5.91 Å². The summed E-state index contributed by atoms with van der Waals surface area (Å²) in [6, 6.07) is 1.81. The van der Waals surface area contributed by atoms with Crippen molar-refractivity contribution in [3.63, 3.8) is 0 Å². The standard InChI is InChI=1S/C14H25N3O2/c1-6-7-10(18)9-15-13(19)11-8-12(14(2,3)4)16-17(11)5/h8,10,18H,6-7,9H2,1-5H3,(H,15,19). The molecule has 0 fully saturated rings. The lowest BCUT2D eigenvalue weighted by Gasteiger charge is -2.13. The molecule has 1 aromatic rings. The van der Waals surface area contributed by atoms with E-state index < -0.39 is 6.10 Å². The minimum absolute atomic E-state index is 0.0853. The van der Waals surface area contributed by atoms with Crippen molar-refractivity contribution < 1.29 is 9.90 Å². The Morgan fingerprint density at radius 1 is 1.53 bits per heavy atom. The first-order valence-electron chi connectivity index (χ1n) is 6.76. The maximum absolute atomic E-state index is 12.0. The fourth-order valence-corrected chi connectivity index (χ4v) is 1.78. The van der Waals surface area contributed by atoms with Crippen LogP contribution >= 0.6 is 0 Å². The van der Waals surface area contributed by atoms with Crippen molar-refractivity contribution in [2.45, 2.75) is 52.1 Å². The number of carbonyl (C=O) groups excluding carboxylic acids is 1. The van der Waals surface area contributed by atoms with Gasteiger partial charge in [0.1, 0.15) is 5.69 Å². The summed E-state index contributed by atoms with van der Waals surface area (Å²) < 4.78 is 1.59. The zero-order valence-corrected chi connectivity index (χ0v) is 12.5. The zero-order chi connectivity index (χ0) is 14.6. The molecule has 1 atom stereocenters. The van der Waals surface area contributed by atoms with Gasteiger partial charge in [0, 0.05) is 19.0 Å². The molecular weight excluding hydrogens is 242 g/mol. The summed E-state index contributed by atoms with van der Waals surface area (Å²) in [6.07, 6.45) is 1.11. The van der Waals surface area contributed by atoms with Gasteiger partial charge in [-0.2, -0.15) is 5.10 Å². The Kier molecular flexibility index (Phi) is 5.11. The van der Waals surface area contributed by atoms with Gasteiger partial charge in [0.15, 0.2) is 0 Å². The van der Waals surface area contributed by atoms with Crippen molar-refractivity contribution in [3.05, 3.63) is 17.5 Å². The smallest absolute Gasteiger partial charge is 0.269 e. The van der Waals surface area contributed by atoms with Crippen molar-refractivity contribution >= 4 is 5.91 Å². The molecule has 19 heavy (non-hydrogen) atoms. The Labute approximate surface area is 115 Å². The van der Waals surface area contributed by atoms with Crippen LogP contribution in [0.25, 0.3) is 0 Å². The van der Waals surface area contributed by atoms with Gasteiger partial charge >= 0.3 is 0 Å². The van der Waals surface area contributed by atoms with E-state index in [0.717, 1.165) is 12.1 Å². The highest BCUT2D eigenvalue weighted by Gasteiger charge is 2.21. The second-order valence-electron chi connectivity index (χ2n) is 5.94. The van der Waals surface area contributed by atoms with E-state index in [-0.39, 0.29) is 17.9 Å². The highest BCUT2D eigenvalue weighted by atomic mass is 16.3. The van der Waals surface area contributed by atoms with E-state index in [1.54, 1.807) is 11.7 Å². The van der Waals surface area contributed by atoms with Crippen LogP contribution in [0.15, 0.2) is 6.07 Å². The average Bonchev–Trinajstić information content (AvgIpc) is 2.68. The van der Waals surface area contributed by atoms with Gasteiger partial charge in [0.05, 0.1) is 11.8 Å². The number of nitrogens with one attached hydrogen (secondary N) is 1. The Morgan fingerprint density at radius 2 is 2.16 bits per heavy atom. The van der Waals surface area contributed by atoms with E-state index in [2.05, 4.69) is 31.2 Å². The number of nitrogens with zero attached hydrogens (tertiary/aromatic N) is 2. The molecule has 1 heterocycles. The second-order valence-corrected chi connectivity index (χ2v) is 5.94. The predicted octanol–water partition coefficient (Wildman–Crippen LogP) is 1.61. The molecule has 0 saturated heterocycles. The lowest BCUT2D eigenvalue weighted by Crippen LogP contribution is -2.33. The zero-order valence-electron chi connectivity index (χ0n) is 12.5. The van der Waals surface area contributed by atoms with Crippen molar-refractivity contribution in [3.8, 4) is 0 Å². The van der Waals surface area contributed by atoms with E-state index in [1.165, 1.54) is 0 Å². The highest BCUT2D eigenvalue weighted by molar-refractivity contribution is 5.92. The molecule has 0 spiro atoms. The van der Waals surface area contributed by atoms with Crippen LogP contribution in [0, 0.1) is 0 Å². The maximum atomic E-state index is 12.0. The van der Waals surface area contributed by atoms with Crippen LogP contribution in [-0.2, 0) is 12.5 Å². The molecule has 0 bridgehead atoms. The van der Waals surface area contributed by atoms with Gasteiger partial charge in [-0.25, -0.2) is 0 Å². The molecular formula is C14H25N3O2. The van der Waals surface area contributed by atoms with Crippen molar-refractivity contribution in [1.82, 2.24) is 15.1 Å². The summed E-state index contributed by atoms with van der Waals surface area (Å²) in [5, 5.41) is 16.7. The molecule has 1 rings (SSSR count). The van der Waals surface area contributed by atoms with Gasteiger partial charge in [-0.1, -0.05) is 34.1 Å². The van der Waals surface area contributed by atoms with E-state index >= 15 is 0 Å². The molecule has 0 saturated carbocycles. The SMILES string of the molecule is CCCC(O)CNC(=O)c1cc(C(C)(C)C)nn1C. The molecule has 5 heteroatoms. The molecule has 0 aromatic carbocycles. The normalized spacial score (nSPS) is 13.4. The largest absolute Gasteiger partial charge is 0.391 e. The first-order chi connectivity index (χ1) is 8.75. The van der Waals surface area contributed by atoms with E-state index in [9.17, 15) is 9.90 Å². The fourth-order valence-electron chi connectivity index (χ4n) is 1.78. The van der Waals surface area contributed by atoms with Crippen LogP contribution in [0.3, 0.4) is 0 Å². The minimum Gasteiger partial charge on any atom is -0.391 e. The van der Waals surface area contributed by atoms with E-state index in [0.29, 0.717) is 12.1 Å². The Morgan fingerprint density at radius 3 is 2.63 bits per heavy atom. The van der Waals surface area contributed by atoms with E-state index in [4.69, 9.17) is 0 Å². The van der Waals surface area contributed by atoms with Crippen LogP contribution in [-0.4, -0.2) is 33.4 Å². The minimum atomic E-state index is -0.482. The summed E-state index contributed by atoms with van der Waals surface area (Å²) in [7, 11) is 1.76. The van der Waals surface area contributed by atoms with Crippen LogP contribution in [0.2, 0.25) is 0 Å². The number of carbonyl (C=O) groups is 1. The number of aliphatic hydroxyl groups is 1. The number of aromatic nitrogens is 2. The maximum Gasteiger partial charge on any atom is 0.269 e. The molecule has 5 nitrogen and oxygen atoms in total. The molecule has 0 aliphatic rings. The third kappa shape index (κ3) is 4.35. The van der Waals surface area contributed by atoms with Crippen molar-refractivity contribution in [1.29, 1.82) is 0 Å². The Bertz CT molecular complexity index is 432. The number of hydrogen-bond acceptors (Lipinski definition) is 3. The molecule has 1 unspecified atom stereocenters. The predicted molar refractivity (Wildman–Crippen MR) is 75.2 cm³/mol. The third-order valence-corrected chi connectivity index (χ3v) is 3.00. The molecule has 0 radical (unpaired) electrons. The van der Waals surface area contributed by atoms with E-state index in [1.807, 2.05) is 13.0 Å². The molecule has 0 aliphatic heterocycles. The first kappa shape index (κ1) is 15.7. The van der Waals surface area contributed by atoms with Gasteiger partial charge < -0.3 is 10.4 Å².